The van der Waals surface area contributed by atoms with Gasteiger partial charge in [-0.15, -0.1) is 10.2 Å². The number of rotatable bonds is 4. The summed E-state index contributed by atoms with van der Waals surface area (Å²) in [6.45, 7) is 1.89. The van der Waals surface area contributed by atoms with E-state index < -0.39 is 0 Å². The van der Waals surface area contributed by atoms with Gasteiger partial charge in [-0.2, -0.15) is 4.80 Å². The van der Waals surface area contributed by atoms with Crippen LogP contribution in [-0.4, -0.2) is 28.0 Å². The number of nitrogens with one attached hydrogen (secondary N) is 1. The van der Waals surface area contributed by atoms with Crippen molar-refractivity contribution in [2.45, 2.75) is 6.92 Å². The molecule has 0 spiro atoms. The molecule has 0 saturated carbocycles. The van der Waals surface area contributed by atoms with E-state index in [-0.39, 0.29) is 22.2 Å². The molecule has 0 bridgehead atoms. The lowest BCUT2D eigenvalue weighted by Gasteiger charge is -2.12. The molecular weight excluding hydrogens is 411 g/mol. The number of nitrogens with zero attached hydrogens (tertiary/aromatic N) is 3. The number of carbonyl (C=O) groups is 1. The fourth-order valence-electron chi connectivity index (χ4n) is 3.01. The van der Waals surface area contributed by atoms with E-state index in [1.54, 1.807) is 10.9 Å². The predicted molar refractivity (Wildman–Crippen MR) is 115 cm³/mol. The van der Waals surface area contributed by atoms with Crippen molar-refractivity contribution in [3.05, 3.63) is 75.8 Å². The van der Waals surface area contributed by atoms with Gasteiger partial charge in [0.15, 0.2) is 0 Å². The molecule has 29 heavy (non-hydrogen) atoms. The molecule has 3 aromatic carbocycles. The summed E-state index contributed by atoms with van der Waals surface area (Å²) in [7, 11) is 1.45. The maximum absolute atomic E-state index is 12.9. The quantitative estimate of drug-likeness (QED) is 0.480. The fourth-order valence-corrected chi connectivity index (χ4v) is 3.58. The first-order valence-electron chi connectivity index (χ1n) is 8.74. The Morgan fingerprint density at radius 1 is 1.03 bits per heavy atom. The van der Waals surface area contributed by atoms with Crippen molar-refractivity contribution in [2.24, 2.45) is 0 Å². The average molecular weight is 427 g/mol. The van der Waals surface area contributed by atoms with Gasteiger partial charge in [0.2, 0.25) is 0 Å². The molecule has 0 aliphatic carbocycles. The van der Waals surface area contributed by atoms with E-state index in [1.165, 1.54) is 19.2 Å². The normalized spacial score (nSPS) is 10.9. The van der Waals surface area contributed by atoms with Crippen LogP contribution >= 0.6 is 23.2 Å². The molecule has 4 aromatic rings. The molecule has 6 nitrogen and oxygen atoms in total. The van der Waals surface area contributed by atoms with Gasteiger partial charge in [-0.3, -0.25) is 4.79 Å². The molecule has 1 N–H and O–H groups in total. The summed E-state index contributed by atoms with van der Waals surface area (Å²) < 4.78 is 5.27. The number of methoxy groups -OCH3 is 1. The molecule has 0 saturated heterocycles. The summed E-state index contributed by atoms with van der Waals surface area (Å²) >= 11 is 12.2. The highest BCUT2D eigenvalue weighted by Crippen LogP contribution is 2.33. The van der Waals surface area contributed by atoms with Gasteiger partial charge < -0.3 is 10.1 Å². The summed E-state index contributed by atoms with van der Waals surface area (Å²) in [5.41, 5.74) is 3.94. The van der Waals surface area contributed by atoms with Crippen LogP contribution in [0.3, 0.4) is 0 Å². The largest absolute Gasteiger partial charge is 0.494 e. The second kappa shape index (κ2) is 7.73. The van der Waals surface area contributed by atoms with Gasteiger partial charge in [-0.1, -0.05) is 41.4 Å². The molecule has 0 atom stereocenters. The van der Waals surface area contributed by atoms with Gasteiger partial charge in [-0.05, 0) is 48.9 Å². The highest BCUT2D eigenvalue weighted by Gasteiger charge is 2.18. The van der Waals surface area contributed by atoms with Crippen molar-refractivity contribution in [3.8, 4) is 11.4 Å². The van der Waals surface area contributed by atoms with E-state index in [4.69, 9.17) is 27.9 Å². The third-order valence-corrected chi connectivity index (χ3v) is 4.92. The van der Waals surface area contributed by atoms with E-state index in [1.807, 2.05) is 43.3 Å². The minimum Gasteiger partial charge on any atom is -0.494 e. The van der Waals surface area contributed by atoms with E-state index >= 15 is 0 Å². The molecule has 1 heterocycles. The van der Waals surface area contributed by atoms with E-state index in [9.17, 15) is 4.79 Å². The summed E-state index contributed by atoms with van der Waals surface area (Å²) in [6.07, 6.45) is 0. The van der Waals surface area contributed by atoms with Gasteiger partial charge in [0, 0.05) is 10.7 Å². The van der Waals surface area contributed by atoms with Crippen LogP contribution in [0, 0.1) is 6.92 Å². The molecular formula is C21H16Cl2N4O2. The molecule has 146 valence electrons. The number of aryl methyl sites for hydroxylation is 1. The molecule has 0 radical (unpaired) electrons. The topological polar surface area (TPSA) is 69.0 Å². The van der Waals surface area contributed by atoms with Crippen molar-refractivity contribution in [3.63, 3.8) is 0 Å². The van der Waals surface area contributed by atoms with Gasteiger partial charge in [0.25, 0.3) is 5.91 Å². The molecule has 0 aliphatic heterocycles. The van der Waals surface area contributed by atoms with E-state index in [2.05, 4.69) is 15.5 Å². The zero-order valence-corrected chi connectivity index (χ0v) is 17.1. The van der Waals surface area contributed by atoms with Crippen LogP contribution in [0.15, 0.2) is 54.6 Å². The number of ether oxygens (including phenoxy) is 1. The Kier molecular flexibility index (Phi) is 5.13. The highest BCUT2D eigenvalue weighted by molar-refractivity contribution is 6.36. The fraction of sp³-hybridized carbons (Fsp3) is 0.0952. The third kappa shape index (κ3) is 3.77. The second-order valence-corrected chi connectivity index (χ2v) is 7.25. The van der Waals surface area contributed by atoms with Crippen LogP contribution in [-0.2, 0) is 0 Å². The summed E-state index contributed by atoms with van der Waals surface area (Å²) in [5.74, 6) is -0.119. The number of benzene rings is 3. The lowest BCUT2D eigenvalue weighted by Crippen LogP contribution is -2.14. The van der Waals surface area contributed by atoms with Crippen molar-refractivity contribution >= 4 is 45.8 Å². The number of hydrogen-bond donors (Lipinski definition) is 1. The molecule has 4 rings (SSSR count). The standard InChI is InChI=1S/C21H16Cl2N4O2/c1-12-8-18-19(26-27(25-18)14-6-4-3-5-7-14)11-17(12)24-21(28)15-9-13(22)10-16(23)20(15)29-2/h3-11H,1-2H3,(H,24,28). The van der Waals surface area contributed by atoms with Crippen molar-refractivity contribution in [2.75, 3.05) is 12.4 Å². The second-order valence-electron chi connectivity index (χ2n) is 6.40. The highest BCUT2D eigenvalue weighted by atomic mass is 35.5. The smallest absolute Gasteiger partial charge is 0.259 e. The number of para-hydroxylation sites is 1. The first-order chi connectivity index (χ1) is 14.0. The summed E-state index contributed by atoms with van der Waals surface area (Å²) in [5, 5.41) is 12.5. The van der Waals surface area contributed by atoms with Gasteiger partial charge in [-0.25, -0.2) is 0 Å². The SMILES string of the molecule is COc1c(Cl)cc(Cl)cc1C(=O)Nc1cc2nn(-c3ccccc3)nc2cc1C. The average Bonchev–Trinajstić information content (AvgIpc) is 3.11. The Labute approximate surface area is 177 Å². The molecule has 0 unspecified atom stereocenters. The predicted octanol–water partition coefficient (Wildman–Crippen LogP) is 5.30. The van der Waals surface area contributed by atoms with Crippen LogP contribution in [0.4, 0.5) is 5.69 Å². The number of anilines is 1. The first-order valence-corrected chi connectivity index (χ1v) is 9.49. The number of amides is 1. The Morgan fingerprint density at radius 2 is 1.72 bits per heavy atom. The molecule has 0 fully saturated rings. The first kappa shape index (κ1) is 19.2. The minimum atomic E-state index is -0.385. The van der Waals surface area contributed by atoms with Crippen LogP contribution in [0.2, 0.25) is 10.0 Å². The maximum atomic E-state index is 12.9. The third-order valence-electron chi connectivity index (χ3n) is 4.42. The Hall–Kier alpha value is -3.09. The zero-order valence-electron chi connectivity index (χ0n) is 15.6. The molecule has 1 amide bonds. The summed E-state index contributed by atoms with van der Waals surface area (Å²) in [4.78, 5) is 14.4. The van der Waals surface area contributed by atoms with Gasteiger partial charge in [0.05, 0.1) is 23.4 Å². The van der Waals surface area contributed by atoms with Crippen LogP contribution < -0.4 is 10.1 Å². The lowest BCUT2D eigenvalue weighted by atomic mass is 10.1. The number of carbonyl (C=O) groups excluding carboxylic acids is 1. The summed E-state index contributed by atoms with van der Waals surface area (Å²) in [6, 6.07) is 16.3. The van der Waals surface area contributed by atoms with Crippen LogP contribution in [0.25, 0.3) is 16.7 Å². The molecule has 1 aromatic heterocycles. The Balaban J connectivity index is 1.70. The van der Waals surface area contributed by atoms with Gasteiger partial charge >= 0.3 is 0 Å². The number of aromatic nitrogens is 3. The van der Waals surface area contributed by atoms with Crippen LogP contribution in [0.5, 0.6) is 5.75 Å². The number of hydrogen-bond acceptors (Lipinski definition) is 4. The molecule has 8 heteroatoms. The van der Waals surface area contributed by atoms with Crippen molar-refractivity contribution in [1.29, 1.82) is 0 Å². The Morgan fingerprint density at radius 3 is 2.41 bits per heavy atom. The van der Waals surface area contributed by atoms with Gasteiger partial charge in [0.1, 0.15) is 16.8 Å². The van der Waals surface area contributed by atoms with Crippen molar-refractivity contribution < 1.29 is 9.53 Å². The minimum absolute atomic E-state index is 0.248. The zero-order chi connectivity index (χ0) is 20.5. The Bertz CT molecular complexity index is 1220. The van der Waals surface area contributed by atoms with Crippen LogP contribution in [0.1, 0.15) is 15.9 Å². The number of fused-ring (bicyclic) bond motifs is 1. The van der Waals surface area contributed by atoms with E-state index in [0.717, 1.165) is 16.8 Å². The molecule has 0 aliphatic rings. The van der Waals surface area contributed by atoms with E-state index in [0.29, 0.717) is 16.2 Å². The maximum Gasteiger partial charge on any atom is 0.259 e. The van der Waals surface area contributed by atoms with Crippen molar-refractivity contribution in [1.82, 2.24) is 15.0 Å². The number of halogens is 2. The monoisotopic (exact) mass is 426 g/mol. The lowest BCUT2D eigenvalue weighted by molar-refractivity contribution is 0.102.